The molecule has 0 unspecified atom stereocenters. The number of nitrogens with zero attached hydrogens (tertiary/aromatic N) is 4. The van der Waals surface area contributed by atoms with Gasteiger partial charge in [-0.15, -0.1) is 0 Å². The fourth-order valence-corrected chi connectivity index (χ4v) is 3.79. The molecular formula is C24H28N6O3S. The molecule has 2 aromatic heterocycles. The number of benzene rings is 1. The highest BCUT2D eigenvalue weighted by Crippen LogP contribution is 2.30. The van der Waals surface area contributed by atoms with Crippen molar-refractivity contribution in [3.05, 3.63) is 60.6 Å². The maximum Gasteiger partial charge on any atom is 0.246 e. The molecule has 3 rings (SSSR count). The maximum absolute atomic E-state index is 12.3. The fraction of sp³-hybridized carbons (Fsp3) is 0.292. The third-order valence-corrected chi connectivity index (χ3v) is 5.84. The first-order chi connectivity index (χ1) is 16.4. The van der Waals surface area contributed by atoms with E-state index in [0.717, 1.165) is 10.4 Å². The summed E-state index contributed by atoms with van der Waals surface area (Å²) < 4.78 is 5.70. The highest BCUT2D eigenvalue weighted by atomic mass is 32.1. The molecular weight excluding hydrogens is 452 g/mol. The second-order valence-corrected chi connectivity index (χ2v) is 8.45. The molecule has 3 aromatic rings. The van der Waals surface area contributed by atoms with E-state index in [4.69, 9.17) is 4.74 Å². The molecule has 1 aromatic carbocycles. The zero-order valence-corrected chi connectivity index (χ0v) is 20.4. The number of thiazole rings is 1. The quantitative estimate of drug-likeness (QED) is 0.337. The smallest absolute Gasteiger partial charge is 0.246 e. The largest absolute Gasteiger partial charge is 0.476 e. The summed E-state index contributed by atoms with van der Waals surface area (Å²) in [5, 5.41) is 6.67. The predicted molar refractivity (Wildman–Crippen MR) is 133 cm³/mol. The van der Waals surface area contributed by atoms with Gasteiger partial charge in [0.15, 0.2) is 5.13 Å². The predicted octanol–water partition coefficient (Wildman–Crippen LogP) is 3.57. The fourth-order valence-electron chi connectivity index (χ4n) is 2.96. The number of rotatable bonds is 10. The minimum Gasteiger partial charge on any atom is -0.476 e. The van der Waals surface area contributed by atoms with E-state index in [1.165, 1.54) is 22.3 Å². The van der Waals surface area contributed by atoms with Crippen LogP contribution < -0.4 is 15.4 Å². The SMILES string of the molecule is CC=CC(=O)N(C)[C@@H](C)C(=O)NCCOc1cc(Nc2ncc(-c3ccccc3)s2)nc(C)n1. The molecule has 9 nitrogen and oxygen atoms in total. The average molecular weight is 481 g/mol. The van der Waals surface area contributed by atoms with E-state index in [2.05, 4.69) is 25.6 Å². The van der Waals surface area contributed by atoms with Crippen molar-refractivity contribution in [1.82, 2.24) is 25.2 Å². The molecule has 2 N–H and O–H groups in total. The van der Waals surface area contributed by atoms with Gasteiger partial charge in [0, 0.05) is 19.3 Å². The summed E-state index contributed by atoms with van der Waals surface area (Å²) in [6.45, 7) is 5.69. The van der Waals surface area contributed by atoms with Crippen molar-refractivity contribution in [3.8, 4) is 16.3 Å². The van der Waals surface area contributed by atoms with E-state index < -0.39 is 6.04 Å². The molecule has 0 spiro atoms. The lowest BCUT2D eigenvalue weighted by molar-refractivity contribution is -0.135. The van der Waals surface area contributed by atoms with Crippen molar-refractivity contribution in [3.63, 3.8) is 0 Å². The Morgan fingerprint density at radius 3 is 2.74 bits per heavy atom. The van der Waals surface area contributed by atoms with Gasteiger partial charge in [-0.2, -0.15) is 4.98 Å². The normalized spacial score (nSPS) is 11.8. The van der Waals surface area contributed by atoms with Crippen molar-refractivity contribution >= 4 is 34.1 Å². The van der Waals surface area contributed by atoms with Crippen LogP contribution in [0.1, 0.15) is 19.7 Å². The van der Waals surface area contributed by atoms with Crippen LogP contribution in [0.2, 0.25) is 0 Å². The molecule has 34 heavy (non-hydrogen) atoms. The van der Waals surface area contributed by atoms with Gasteiger partial charge in [-0.1, -0.05) is 47.7 Å². The van der Waals surface area contributed by atoms with Gasteiger partial charge in [-0.05, 0) is 32.4 Å². The van der Waals surface area contributed by atoms with Crippen LogP contribution >= 0.6 is 11.3 Å². The third kappa shape index (κ3) is 6.85. The van der Waals surface area contributed by atoms with E-state index in [-0.39, 0.29) is 25.0 Å². The number of ether oxygens (including phenoxy) is 1. The molecule has 0 saturated carbocycles. The molecule has 2 amide bonds. The number of nitrogens with one attached hydrogen (secondary N) is 2. The molecule has 1 atom stereocenters. The van der Waals surface area contributed by atoms with Crippen molar-refractivity contribution in [2.45, 2.75) is 26.8 Å². The number of aryl methyl sites for hydroxylation is 1. The van der Waals surface area contributed by atoms with Crippen LogP contribution in [0.5, 0.6) is 5.88 Å². The molecule has 0 saturated heterocycles. The van der Waals surface area contributed by atoms with Crippen LogP contribution in [0.25, 0.3) is 10.4 Å². The van der Waals surface area contributed by atoms with E-state index >= 15 is 0 Å². The number of hydrogen-bond donors (Lipinski definition) is 2. The monoisotopic (exact) mass is 480 g/mol. The first-order valence-corrected chi connectivity index (χ1v) is 11.6. The number of aromatic nitrogens is 3. The van der Waals surface area contributed by atoms with E-state index in [0.29, 0.717) is 22.7 Å². The number of amides is 2. The van der Waals surface area contributed by atoms with E-state index in [9.17, 15) is 9.59 Å². The Hall–Kier alpha value is -3.79. The molecule has 0 aliphatic heterocycles. The second-order valence-electron chi connectivity index (χ2n) is 7.42. The van der Waals surface area contributed by atoms with Crippen LogP contribution in [0.4, 0.5) is 10.9 Å². The number of likely N-dealkylation sites (N-methyl/N-ethyl adjacent to an activating group) is 1. The Kier molecular flexibility index (Phi) is 8.69. The highest BCUT2D eigenvalue weighted by Gasteiger charge is 2.20. The summed E-state index contributed by atoms with van der Waals surface area (Å²) in [6.07, 6.45) is 4.88. The standard InChI is InChI=1S/C24H28N6O3S/c1-5-9-22(31)30(4)16(2)23(32)25-12-13-33-21-14-20(27-17(3)28-21)29-24-26-15-19(34-24)18-10-7-6-8-11-18/h5-11,14-16H,12-13H2,1-4H3,(H,25,32)(H,26,27,28,29)/t16-/m0/s1. The molecule has 178 valence electrons. The van der Waals surface area contributed by atoms with Crippen molar-refractivity contribution in [2.75, 3.05) is 25.5 Å². The summed E-state index contributed by atoms with van der Waals surface area (Å²) in [4.78, 5) is 39.7. The molecule has 0 aliphatic rings. The number of carbonyl (C=O) groups excluding carboxylic acids is 2. The van der Waals surface area contributed by atoms with Gasteiger partial charge in [0.05, 0.1) is 11.4 Å². The summed E-state index contributed by atoms with van der Waals surface area (Å²) in [5.41, 5.74) is 1.10. The number of carbonyl (C=O) groups is 2. The van der Waals surface area contributed by atoms with Gasteiger partial charge >= 0.3 is 0 Å². The Morgan fingerprint density at radius 2 is 2.00 bits per heavy atom. The number of hydrogen-bond acceptors (Lipinski definition) is 8. The van der Waals surface area contributed by atoms with Crippen LogP contribution in [-0.2, 0) is 9.59 Å². The summed E-state index contributed by atoms with van der Waals surface area (Å²) in [7, 11) is 1.59. The number of allylic oxidation sites excluding steroid dienone is 1. The van der Waals surface area contributed by atoms with Gasteiger partial charge in [0.1, 0.15) is 24.3 Å². The molecule has 0 bridgehead atoms. The molecule has 0 fully saturated rings. The molecule has 0 radical (unpaired) electrons. The average Bonchev–Trinajstić information content (AvgIpc) is 3.29. The van der Waals surface area contributed by atoms with Crippen LogP contribution in [-0.4, -0.2) is 57.9 Å². The van der Waals surface area contributed by atoms with Gasteiger partial charge in [-0.3, -0.25) is 9.59 Å². The second kappa shape index (κ2) is 11.9. The lowest BCUT2D eigenvalue weighted by Crippen LogP contribution is -2.46. The Morgan fingerprint density at radius 1 is 1.24 bits per heavy atom. The zero-order valence-electron chi connectivity index (χ0n) is 19.6. The Labute approximate surface area is 202 Å². The number of anilines is 2. The Balaban J connectivity index is 1.52. The molecule has 2 heterocycles. The third-order valence-electron chi connectivity index (χ3n) is 4.88. The van der Waals surface area contributed by atoms with Gasteiger partial charge < -0.3 is 20.3 Å². The van der Waals surface area contributed by atoms with Crippen LogP contribution in [0.3, 0.4) is 0 Å². The van der Waals surface area contributed by atoms with Gasteiger partial charge in [0.25, 0.3) is 0 Å². The minimum absolute atomic E-state index is 0.219. The minimum atomic E-state index is -0.597. The zero-order chi connectivity index (χ0) is 24.5. The van der Waals surface area contributed by atoms with Crippen LogP contribution in [0, 0.1) is 6.92 Å². The van der Waals surface area contributed by atoms with E-state index in [1.807, 2.05) is 36.5 Å². The highest BCUT2D eigenvalue weighted by molar-refractivity contribution is 7.18. The van der Waals surface area contributed by atoms with E-state index in [1.54, 1.807) is 40.0 Å². The van der Waals surface area contributed by atoms with Crippen molar-refractivity contribution in [2.24, 2.45) is 0 Å². The summed E-state index contributed by atoms with van der Waals surface area (Å²) in [5.74, 6) is 1.01. The van der Waals surface area contributed by atoms with Gasteiger partial charge in [0.2, 0.25) is 17.7 Å². The maximum atomic E-state index is 12.3. The molecule has 10 heteroatoms. The summed E-state index contributed by atoms with van der Waals surface area (Å²) >= 11 is 1.52. The van der Waals surface area contributed by atoms with Crippen molar-refractivity contribution in [1.29, 1.82) is 0 Å². The molecule has 0 aliphatic carbocycles. The van der Waals surface area contributed by atoms with Crippen molar-refractivity contribution < 1.29 is 14.3 Å². The van der Waals surface area contributed by atoms with Crippen LogP contribution in [0.15, 0.2) is 54.7 Å². The topological polar surface area (TPSA) is 109 Å². The Bertz CT molecular complexity index is 1150. The first kappa shape index (κ1) is 24.8. The lowest BCUT2D eigenvalue weighted by atomic mass is 10.2. The summed E-state index contributed by atoms with van der Waals surface area (Å²) in [6, 6.07) is 11.1. The van der Waals surface area contributed by atoms with Gasteiger partial charge in [-0.25, -0.2) is 9.97 Å². The first-order valence-electron chi connectivity index (χ1n) is 10.8. The lowest BCUT2D eigenvalue weighted by Gasteiger charge is -2.22.